The first-order valence-electron chi connectivity index (χ1n) is 7.21. The number of nitrogens with one attached hydrogen (secondary N) is 1. The molecule has 1 aromatic heterocycles. The van der Waals surface area contributed by atoms with Gasteiger partial charge in [-0.25, -0.2) is 0 Å². The van der Waals surface area contributed by atoms with Crippen LogP contribution in [-0.4, -0.2) is 34.9 Å². The van der Waals surface area contributed by atoms with Crippen molar-refractivity contribution in [1.82, 2.24) is 15.2 Å². The first-order valence-corrected chi connectivity index (χ1v) is 7.21. The van der Waals surface area contributed by atoms with Crippen molar-refractivity contribution < 1.29 is 4.79 Å². The van der Waals surface area contributed by atoms with E-state index in [2.05, 4.69) is 10.3 Å². The zero-order valence-corrected chi connectivity index (χ0v) is 11.6. The van der Waals surface area contributed by atoms with Gasteiger partial charge >= 0.3 is 0 Å². The molecule has 0 bridgehead atoms. The third kappa shape index (κ3) is 4.03. The lowest BCUT2D eigenvalue weighted by molar-refractivity contribution is -0.134. The molecule has 0 aliphatic carbocycles. The average molecular weight is 261 g/mol. The Bertz CT molecular complexity index is 386. The summed E-state index contributed by atoms with van der Waals surface area (Å²) in [6.07, 6.45) is 5.62. The molecule has 0 saturated carbocycles. The maximum Gasteiger partial charge on any atom is 0.222 e. The molecule has 4 heteroatoms. The number of amides is 1. The van der Waals surface area contributed by atoms with Gasteiger partial charge in [0.05, 0.1) is 12.2 Å². The Hall–Kier alpha value is -1.42. The maximum absolute atomic E-state index is 12.2. The fraction of sp³-hybridized carbons (Fsp3) is 0.600. The van der Waals surface area contributed by atoms with Gasteiger partial charge in [0.25, 0.3) is 0 Å². The second kappa shape index (κ2) is 7.24. The topological polar surface area (TPSA) is 45.2 Å². The van der Waals surface area contributed by atoms with E-state index in [1.807, 2.05) is 30.0 Å². The molecule has 1 unspecified atom stereocenters. The van der Waals surface area contributed by atoms with Crippen LogP contribution in [0.15, 0.2) is 24.4 Å². The van der Waals surface area contributed by atoms with Crippen molar-refractivity contribution in [2.24, 2.45) is 0 Å². The molecule has 1 aromatic rings. The molecule has 1 aliphatic rings. The predicted molar refractivity (Wildman–Crippen MR) is 75.6 cm³/mol. The van der Waals surface area contributed by atoms with Gasteiger partial charge in [0.2, 0.25) is 5.91 Å². The Morgan fingerprint density at radius 3 is 3.05 bits per heavy atom. The standard InChI is InChI=1S/C15H23N3O/c1-2-15(19)18(12-13-6-3-4-10-17-13)14-7-5-9-16-11-8-14/h3-4,6,10,14,16H,2,5,7-9,11-12H2,1H3. The number of carbonyl (C=O) groups excluding carboxylic acids is 1. The third-order valence-electron chi connectivity index (χ3n) is 3.67. The van der Waals surface area contributed by atoms with Crippen molar-refractivity contribution >= 4 is 5.91 Å². The van der Waals surface area contributed by atoms with E-state index in [4.69, 9.17) is 0 Å². The highest BCUT2D eigenvalue weighted by Gasteiger charge is 2.23. The van der Waals surface area contributed by atoms with Crippen LogP contribution in [0.3, 0.4) is 0 Å². The number of aromatic nitrogens is 1. The zero-order valence-electron chi connectivity index (χ0n) is 11.6. The van der Waals surface area contributed by atoms with Crippen LogP contribution in [0.5, 0.6) is 0 Å². The molecule has 19 heavy (non-hydrogen) atoms. The molecule has 1 fully saturated rings. The first kappa shape index (κ1) is 14.0. The minimum absolute atomic E-state index is 0.234. The lowest BCUT2D eigenvalue weighted by Gasteiger charge is -2.30. The fourth-order valence-corrected chi connectivity index (χ4v) is 2.60. The highest BCUT2D eigenvalue weighted by Crippen LogP contribution is 2.17. The van der Waals surface area contributed by atoms with E-state index in [0.29, 0.717) is 19.0 Å². The summed E-state index contributed by atoms with van der Waals surface area (Å²) in [6.45, 7) is 4.63. The van der Waals surface area contributed by atoms with E-state index >= 15 is 0 Å². The van der Waals surface area contributed by atoms with Crippen LogP contribution in [0.1, 0.15) is 38.3 Å². The van der Waals surface area contributed by atoms with Gasteiger partial charge in [-0.2, -0.15) is 0 Å². The molecule has 1 amide bonds. The largest absolute Gasteiger partial charge is 0.334 e. The Kier molecular flexibility index (Phi) is 5.33. The second-order valence-electron chi connectivity index (χ2n) is 5.03. The van der Waals surface area contributed by atoms with Crippen LogP contribution >= 0.6 is 0 Å². The van der Waals surface area contributed by atoms with Crippen LogP contribution < -0.4 is 5.32 Å². The molecular formula is C15H23N3O. The van der Waals surface area contributed by atoms with Gasteiger partial charge in [-0.15, -0.1) is 0 Å². The van der Waals surface area contributed by atoms with E-state index in [1.165, 1.54) is 0 Å². The minimum atomic E-state index is 0.234. The number of hydrogen-bond donors (Lipinski definition) is 1. The normalized spacial score (nSPS) is 19.7. The first-order chi connectivity index (χ1) is 9.31. The van der Waals surface area contributed by atoms with Crippen LogP contribution in [0.4, 0.5) is 0 Å². The van der Waals surface area contributed by atoms with E-state index in [1.54, 1.807) is 6.20 Å². The number of pyridine rings is 1. The van der Waals surface area contributed by atoms with Gasteiger partial charge in [0.15, 0.2) is 0 Å². The molecule has 0 spiro atoms. The fourth-order valence-electron chi connectivity index (χ4n) is 2.60. The molecule has 1 saturated heterocycles. The summed E-state index contributed by atoms with van der Waals surface area (Å²) >= 11 is 0. The third-order valence-corrected chi connectivity index (χ3v) is 3.67. The van der Waals surface area contributed by atoms with Gasteiger partial charge in [-0.1, -0.05) is 13.0 Å². The summed E-state index contributed by atoms with van der Waals surface area (Å²) in [5, 5.41) is 3.40. The molecule has 2 heterocycles. The van der Waals surface area contributed by atoms with Gasteiger partial charge in [-0.3, -0.25) is 9.78 Å². The van der Waals surface area contributed by atoms with Gasteiger partial charge in [0.1, 0.15) is 0 Å². The lowest BCUT2D eigenvalue weighted by Crippen LogP contribution is -2.40. The quantitative estimate of drug-likeness (QED) is 0.901. The minimum Gasteiger partial charge on any atom is -0.334 e. The number of rotatable bonds is 4. The van der Waals surface area contributed by atoms with Crippen molar-refractivity contribution in [3.05, 3.63) is 30.1 Å². The van der Waals surface area contributed by atoms with Gasteiger partial charge in [0, 0.05) is 18.7 Å². The number of hydrogen-bond acceptors (Lipinski definition) is 3. The summed E-state index contributed by atoms with van der Waals surface area (Å²) in [4.78, 5) is 18.6. The molecule has 1 atom stereocenters. The summed E-state index contributed by atoms with van der Waals surface area (Å²) in [6, 6.07) is 6.23. The zero-order chi connectivity index (χ0) is 13.5. The Labute approximate surface area is 115 Å². The van der Waals surface area contributed by atoms with Crippen LogP contribution in [-0.2, 0) is 11.3 Å². The molecular weight excluding hydrogens is 238 g/mol. The van der Waals surface area contributed by atoms with E-state index < -0.39 is 0 Å². The Morgan fingerprint density at radius 2 is 2.32 bits per heavy atom. The summed E-state index contributed by atoms with van der Waals surface area (Å²) in [7, 11) is 0. The molecule has 2 rings (SSSR count). The Balaban J connectivity index is 2.08. The van der Waals surface area contributed by atoms with Crippen LogP contribution in [0, 0.1) is 0 Å². The van der Waals surface area contributed by atoms with Crippen molar-refractivity contribution in [2.75, 3.05) is 13.1 Å². The second-order valence-corrected chi connectivity index (χ2v) is 5.03. The van der Waals surface area contributed by atoms with E-state index in [9.17, 15) is 4.79 Å². The number of carbonyl (C=O) groups is 1. The van der Waals surface area contributed by atoms with E-state index in [-0.39, 0.29) is 5.91 Å². The average Bonchev–Trinajstić information content (AvgIpc) is 2.74. The van der Waals surface area contributed by atoms with Crippen molar-refractivity contribution in [3.8, 4) is 0 Å². The maximum atomic E-state index is 12.2. The molecule has 4 nitrogen and oxygen atoms in total. The lowest BCUT2D eigenvalue weighted by atomic mass is 10.1. The highest BCUT2D eigenvalue weighted by atomic mass is 16.2. The predicted octanol–water partition coefficient (Wildman–Crippen LogP) is 1.96. The monoisotopic (exact) mass is 261 g/mol. The van der Waals surface area contributed by atoms with Crippen LogP contribution in [0.25, 0.3) is 0 Å². The summed E-state index contributed by atoms with van der Waals surface area (Å²) < 4.78 is 0. The van der Waals surface area contributed by atoms with Gasteiger partial charge in [-0.05, 0) is 44.5 Å². The van der Waals surface area contributed by atoms with Crippen molar-refractivity contribution in [2.45, 2.75) is 45.2 Å². The molecule has 0 radical (unpaired) electrons. The van der Waals surface area contributed by atoms with Gasteiger partial charge < -0.3 is 10.2 Å². The SMILES string of the molecule is CCC(=O)N(Cc1ccccn1)C1CCCNCC1. The molecule has 1 N–H and O–H groups in total. The molecule has 0 aromatic carbocycles. The van der Waals surface area contributed by atoms with E-state index in [0.717, 1.165) is 38.0 Å². The van der Waals surface area contributed by atoms with Crippen LogP contribution in [0.2, 0.25) is 0 Å². The molecule has 1 aliphatic heterocycles. The highest BCUT2D eigenvalue weighted by molar-refractivity contribution is 5.76. The smallest absolute Gasteiger partial charge is 0.222 e. The Morgan fingerprint density at radius 1 is 1.42 bits per heavy atom. The molecule has 104 valence electrons. The summed E-state index contributed by atoms with van der Waals surface area (Å²) in [5.74, 6) is 0.234. The summed E-state index contributed by atoms with van der Waals surface area (Å²) in [5.41, 5.74) is 0.974. The number of nitrogens with zero attached hydrogens (tertiary/aromatic N) is 2. The van der Waals surface area contributed by atoms with Crippen molar-refractivity contribution in [1.29, 1.82) is 0 Å². The van der Waals surface area contributed by atoms with Crippen molar-refractivity contribution in [3.63, 3.8) is 0 Å².